The Bertz CT molecular complexity index is 338. The second kappa shape index (κ2) is 4.95. The molecule has 2 rings (SSSR count). The maximum Gasteiger partial charge on any atom is 0.0197 e. The molecule has 96 valence electrons. The Labute approximate surface area is 106 Å². The average Bonchev–Trinajstić information content (AvgIpc) is 2.13. The van der Waals surface area contributed by atoms with Crippen molar-refractivity contribution < 1.29 is 0 Å². The van der Waals surface area contributed by atoms with Crippen molar-refractivity contribution in [3.05, 3.63) is 22.8 Å². The highest BCUT2D eigenvalue weighted by Gasteiger charge is 2.21. The van der Waals surface area contributed by atoms with Crippen molar-refractivity contribution in [3.8, 4) is 0 Å². The van der Waals surface area contributed by atoms with Crippen LogP contribution in [0.15, 0.2) is 22.8 Å². The fourth-order valence-corrected chi connectivity index (χ4v) is 2.53. The second-order valence-corrected chi connectivity index (χ2v) is 6.45. The van der Waals surface area contributed by atoms with Crippen molar-refractivity contribution >= 4 is 0 Å². The third kappa shape index (κ3) is 3.20. The highest BCUT2D eigenvalue weighted by atomic mass is 15.1. The molecule has 0 radical (unpaired) electrons. The van der Waals surface area contributed by atoms with Gasteiger partial charge in [0.05, 0.1) is 0 Å². The smallest absolute Gasteiger partial charge is 0.0197 e. The molecule has 1 saturated heterocycles. The zero-order chi connectivity index (χ0) is 12.5. The molecule has 0 unspecified atom stereocenters. The lowest BCUT2D eigenvalue weighted by atomic mass is 9.83. The van der Waals surface area contributed by atoms with Gasteiger partial charge in [-0.25, -0.2) is 0 Å². The fraction of sp³-hybridized carbons (Fsp3) is 0.733. The number of nitrogens with one attached hydrogen (secondary N) is 1. The first-order chi connectivity index (χ1) is 7.97. The number of nitrogens with zero attached hydrogens (tertiary/aromatic N) is 1. The number of rotatable bonds is 2. The van der Waals surface area contributed by atoms with Gasteiger partial charge in [0, 0.05) is 32.7 Å². The molecular formula is C15H26N2. The Hall–Kier alpha value is -0.600. The van der Waals surface area contributed by atoms with Crippen molar-refractivity contribution in [2.24, 2.45) is 5.41 Å². The number of hydrogen-bond acceptors (Lipinski definition) is 2. The van der Waals surface area contributed by atoms with Crippen LogP contribution < -0.4 is 5.32 Å². The van der Waals surface area contributed by atoms with E-state index >= 15 is 0 Å². The van der Waals surface area contributed by atoms with Crippen molar-refractivity contribution in [2.45, 2.75) is 34.1 Å². The first-order valence-corrected chi connectivity index (χ1v) is 6.77. The highest BCUT2D eigenvalue weighted by Crippen LogP contribution is 2.30. The summed E-state index contributed by atoms with van der Waals surface area (Å²) in [5, 5.41) is 3.32. The molecular weight excluding hydrogens is 208 g/mol. The van der Waals surface area contributed by atoms with E-state index in [0.717, 1.165) is 26.2 Å². The largest absolute Gasteiger partial charge is 0.309 e. The normalized spacial score (nSPS) is 22.1. The zero-order valence-electron chi connectivity index (χ0n) is 11.8. The van der Waals surface area contributed by atoms with Crippen LogP contribution in [0.1, 0.15) is 34.1 Å². The summed E-state index contributed by atoms with van der Waals surface area (Å²) in [4.78, 5) is 2.57. The van der Waals surface area contributed by atoms with Crippen molar-refractivity contribution in [1.82, 2.24) is 10.2 Å². The lowest BCUT2D eigenvalue weighted by molar-refractivity contribution is 0.298. The molecule has 0 aromatic rings. The lowest BCUT2D eigenvalue weighted by Crippen LogP contribution is -2.38. The van der Waals surface area contributed by atoms with E-state index in [1.807, 2.05) is 0 Å². The minimum absolute atomic E-state index is 0.359. The second-order valence-electron chi connectivity index (χ2n) is 6.45. The summed E-state index contributed by atoms with van der Waals surface area (Å²) in [5.41, 5.74) is 5.19. The zero-order valence-corrected chi connectivity index (χ0v) is 11.8. The summed E-state index contributed by atoms with van der Waals surface area (Å²) >= 11 is 0. The van der Waals surface area contributed by atoms with Crippen LogP contribution in [0.3, 0.4) is 0 Å². The number of hydrogen-bond donors (Lipinski definition) is 1. The molecule has 2 heteroatoms. The van der Waals surface area contributed by atoms with Gasteiger partial charge >= 0.3 is 0 Å². The van der Waals surface area contributed by atoms with Crippen molar-refractivity contribution in [3.63, 3.8) is 0 Å². The van der Waals surface area contributed by atoms with Crippen LogP contribution in [0.5, 0.6) is 0 Å². The Kier molecular flexibility index (Phi) is 3.74. The molecule has 2 aliphatic heterocycles. The molecule has 1 fully saturated rings. The molecule has 0 aromatic heterocycles. The molecule has 0 aliphatic carbocycles. The van der Waals surface area contributed by atoms with Gasteiger partial charge in [-0.1, -0.05) is 38.0 Å². The fourth-order valence-electron chi connectivity index (χ4n) is 2.53. The van der Waals surface area contributed by atoms with Gasteiger partial charge in [0.15, 0.2) is 0 Å². The minimum Gasteiger partial charge on any atom is -0.309 e. The maximum atomic E-state index is 3.32. The molecule has 0 bridgehead atoms. The van der Waals surface area contributed by atoms with Gasteiger partial charge in [0.25, 0.3) is 0 Å². The summed E-state index contributed by atoms with van der Waals surface area (Å²) in [6, 6.07) is 0. The molecule has 2 aliphatic rings. The predicted octanol–water partition coefficient (Wildman–Crippen LogP) is 2.58. The topological polar surface area (TPSA) is 15.3 Å². The Morgan fingerprint density at radius 2 is 2.06 bits per heavy atom. The van der Waals surface area contributed by atoms with Gasteiger partial charge in [-0.2, -0.15) is 0 Å². The van der Waals surface area contributed by atoms with E-state index in [-0.39, 0.29) is 0 Å². The van der Waals surface area contributed by atoms with Gasteiger partial charge < -0.3 is 5.32 Å². The Balaban J connectivity index is 1.89. The first-order valence-electron chi connectivity index (χ1n) is 6.77. The van der Waals surface area contributed by atoms with E-state index in [0.29, 0.717) is 5.41 Å². The van der Waals surface area contributed by atoms with Crippen LogP contribution in [0.25, 0.3) is 0 Å². The summed E-state index contributed by atoms with van der Waals surface area (Å²) in [6.45, 7) is 15.0. The predicted molar refractivity (Wildman–Crippen MR) is 74.2 cm³/mol. The molecule has 17 heavy (non-hydrogen) atoms. The van der Waals surface area contributed by atoms with Gasteiger partial charge in [-0.05, 0) is 24.3 Å². The van der Waals surface area contributed by atoms with E-state index < -0.39 is 0 Å². The molecule has 0 spiro atoms. The van der Waals surface area contributed by atoms with Gasteiger partial charge in [-0.3, -0.25) is 4.90 Å². The minimum atomic E-state index is 0.359. The van der Waals surface area contributed by atoms with Crippen molar-refractivity contribution in [2.75, 3.05) is 32.7 Å². The van der Waals surface area contributed by atoms with E-state index in [2.05, 4.69) is 44.0 Å². The standard InChI is InChI=1S/C15H26N2/c1-12(13-9-16-10-13)11-17-7-5-14(6-8-17)15(2,3)4/h5,16H,6-11H2,1-4H3. The summed E-state index contributed by atoms with van der Waals surface area (Å²) in [6.07, 6.45) is 3.69. The van der Waals surface area contributed by atoms with Crippen LogP contribution in [0.4, 0.5) is 0 Å². The van der Waals surface area contributed by atoms with Crippen LogP contribution in [-0.2, 0) is 0 Å². The molecule has 2 nitrogen and oxygen atoms in total. The third-order valence-electron chi connectivity index (χ3n) is 4.00. The van der Waals surface area contributed by atoms with E-state index in [1.54, 1.807) is 16.7 Å². The van der Waals surface area contributed by atoms with Gasteiger partial charge in [0.2, 0.25) is 0 Å². The monoisotopic (exact) mass is 234 g/mol. The highest BCUT2D eigenvalue weighted by molar-refractivity contribution is 5.23. The van der Waals surface area contributed by atoms with Crippen LogP contribution in [0.2, 0.25) is 0 Å². The summed E-state index contributed by atoms with van der Waals surface area (Å²) < 4.78 is 0. The summed E-state index contributed by atoms with van der Waals surface area (Å²) in [7, 11) is 0. The Morgan fingerprint density at radius 3 is 2.47 bits per heavy atom. The lowest BCUT2D eigenvalue weighted by Gasteiger charge is -2.33. The SMILES string of the molecule is CC(CN1CC=C(C(C)(C)C)CC1)=C1CNC1. The van der Waals surface area contributed by atoms with E-state index in [1.165, 1.54) is 13.0 Å². The molecule has 0 aromatic carbocycles. The maximum absolute atomic E-state index is 3.32. The quantitative estimate of drug-likeness (QED) is 0.739. The molecule has 0 atom stereocenters. The molecule has 1 N–H and O–H groups in total. The molecule has 2 heterocycles. The van der Waals surface area contributed by atoms with E-state index in [4.69, 9.17) is 0 Å². The van der Waals surface area contributed by atoms with Crippen molar-refractivity contribution in [1.29, 1.82) is 0 Å². The average molecular weight is 234 g/mol. The van der Waals surface area contributed by atoms with Crippen LogP contribution >= 0.6 is 0 Å². The van der Waals surface area contributed by atoms with Gasteiger partial charge in [-0.15, -0.1) is 0 Å². The first kappa shape index (κ1) is 12.8. The van der Waals surface area contributed by atoms with Crippen LogP contribution in [-0.4, -0.2) is 37.6 Å². The van der Waals surface area contributed by atoms with E-state index in [9.17, 15) is 0 Å². The molecule has 0 amide bonds. The van der Waals surface area contributed by atoms with Gasteiger partial charge in [0.1, 0.15) is 0 Å². The Morgan fingerprint density at radius 1 is 1.35 bits per heavy atom. The molecule has 0 saturated carbocycles. The summed E-state index contributed by atoms with van der Waals surface area (Å²) in [5.74, 6) is 0. The van der Waals surface area contributed by atoms with Crippen LogP contribution in [0, 0.1) is 5.41 Å². The third-order valence-corrected chi connectivity index (χ3v) is 4.00.